The van der Waals surface area contributed by atoms with E-state index < -0.39 is 18.0 Å². The number of hydrogen-bond acceptors (Lipinski definition) is 4. The van der Waals surface area contributed by atoms with Crippen molar-refractivity contribution < 1.29 is 19.1 Å². The molecule has 0 N–H and O–H groups in total. The zero-order chi connectivity index (χ0) is 16.9. The topological polar surface area (TPSA) is 52.6 Å². The fourth-order valence-corrected chi connectivity index (χ4v) is 2.72. The Morgan fingerprint density at radius 1 is 1.08 bits per heavy atom. The molecule has 1 aliphatic carbocycles. The Bertz CT molecular complexity index is 777. The fraction of sp³-hybridized carbons (Fsp3) is 0.200. The molecule has 1 atom stereocenters. The lowest BCUT2D eigenvalue weighted by molar-refractivity contribution is -0.151. The van der Waals surface area contributed by atoms with E-state index in [4.69, 9.17) is 9.47 Å². The van der Waals surface area contributed by atoms with Gasteiger partial charge in [-0.25, -0.2) is 9.59 Å². The molecule has 0 saturated carbocycles. The lowest BCUT2D eigenvalue weighted by Gasteiger charge is -2.17. The van der Waals surface area contributed by atoms with Gasteiger partial charge in [-0.05, 0) is 36.1 Å². The number of carbonyl (C=O) groups is 2. The number of carbonyl (C=O) groups excluding carboxylic acids is 2. The summed E-state index contributed by atoms with van der Waals surface area (Å²) in [6.45, 7) is 0. The van der Waals surface area contributed by atoms with Crippen LogP contribution >= 0.6 is 0 Å². The SMILES string of the molecule is COC(=O)C(OC(=O)c1ccc2c(c1)CCC=C2)c1ccccc1. The van der Waals surface area contributed by atoms with Crippen molar-refractivity contribution in [2.75, 3.05) is 7.11 Å². The first-order chi connectivity index (χ1) is 11.7. The van der Waals surface area contributed by atoms with Gasteiger partial charge in [0.2, 0.25) is 6.10 Å². The summed E-state index contributed by atoms with van der Waals surface area (Å²) in [4.78, 5) is 24.5. The van der Waals surface area contributed by atoms with Crippen molar-refractivity contribution in [2.24, 2.45) is 0 Å². The molecular weight excluding hydrogens is 304 g/mol. The monoisotopic (exact) mass is 322 g/mol. The van der Waals surface area contributed by atoms with Crippen molar-refractivity contribution in [3.63, 3.8) is 0 Å². The Hall–Kier alpha value is -2.88. The van der Waals surface area contributed by atoms with Crippen molar-refractivity contribution in [1.82, 2.24) is 0 Å². The van der Waals surface area contributed by atoms with Crippen LogP contribution in [0.25, 0.3) is 6.08 Å². The maximum absolute atomic E-state index is 12.5. The molecule has 0 bridgehead atoms. The number of methoxy groups -OCH3 is 1. The molecule has 0 heterocycles. The average molecular weight is 322 g/mol. The van der Waals surface area contributed by atoms with Gasteiger partial charge in [0.25, 0.3) is 0 Å². The van der Waals surface area contributed by atoms with Gasteiger partial charge in [0, 0.05) is 5.56 Å². The van der Waals surface area contributed by atoms with Gasteiger partial charge in [0.05, 0.1) is 12.7 Å². The number of esters is 2. The van der Waals surface area contributed by atoms with Gasteiger partial charge in [-0.1, -0.05) is 48.6 Å². The van der Waals surface area contributed by atoms with Gasteiger partial charge in [-0.15, -0.1) is 0 Å². The Morgan fingerprint density at radius 3 is 2.62 bits per heavy atom. The molecular formula is C20H18O4. The first-order valence-electron chi connectivity index (χ1n) is 7.82. The number of rotatable bonds is 4. The molecule has 4 heteroatoms. The molecule has 2 aromatic carbocycles. The summed E-state index contributed by atoms with van der Waals surface area (Å²) >= 11 is 0. The van der Waals surface area contributed by atoms with Crippen LogP contribution in [0.15, 0.2) is 54.6 Å². The Kier molecular flexibility index (Phi) is 4.75. The average Bonchev–Trinajstić information content (AvgIpc) is 2.65. The molecule has 4 nitrogen and oxygen atoms in total. The normalized spacial score (nSPS) is 13.7. The van der Waals surface area contributed by atoms with Crippen LogP contribution in [0.4, 0.5) is 0 Å². The van der Waals surface area contributed by atoms with E-state index in [0.717, 1.165) is 24.0 Å². The summed E-state index contributed by atoms with van der Waals surface area (Å²) in [7, 11) is 1.28. The van der Waals surface area contributed by atoms with Crippen LogP contribution in [-0.4, -0.2) is 19.0 Å². The van der Waals surface area contributed by atoms with Gasteiger partial charge >= 0.3 is 11.9 Å². The quantitative estimate of drug-likeness (QED) is 0.805. The Balaban J connectivity index is 1.83. The van der Waals surface area contributed by atoms with Crippen LogP contribution in [0.1, 0.15) is 39.6 Å². The van der Waals surface area contributed by atoms with Crippen LogP contribution < -0.4 is 0 Å². The van der Waals surface area contributed by atoms with Crippen molar-refractivity contribution in [2.45, 2.75) is 18.9 Å². The largest absolute Gasteiger partial charge is 0.466 e. The molecule has 0 aromatic heterocycles. The van der Waals surface area contributed by atoms with Crippen molar-refractivity contribution in [3.8, 4) is 0 Å². The second-order valence-electron chi connectivity index (χ2n) is 5.57. The third-order valence-corrected chi connectivity index (χ3v) is 4.00. The summed E-state index contributed by atoms with van der Waals surface area (Å²) in [6.07, 6.45) is 4.95. The second kappa shape index (κ2) is 7.13. The van der Waals surface area contributed by atoms with Crippen LogP contribution in [0, 0.1) is 0 Å². The van der Waals surface area contributed by atoms with E-state index in [2.05, 4.69) is 12.2 Å². The minimum absolute atomic E-state index is 0.439. The van der Waals surface area contributed by atoms with E-state index in [9.17, 15) is 9.59 Å². The molecule has 122 valence electrons. The molecule has 0 fully saturated rings. The summed E-state index contributed by atoms with van der Waals surface area (Å²) in [5, 5.41) is 0. The maximum atomic E-state index is 12.5. The van der Waals surface area contributed by atoms with Crippen molar-refractivity contribution in [3.05, 3.63) is 76.9 Å². The van der Waals surface area contributed by atoms with Gasteiger partial charge in [-0.2, -0.15) is 0 Å². The third kappa shape index (κ3) is 3.38. The van der Waals surface area contributed by atoms with E-state index in [1.807, 2.05) is 18.2 Å². The number of benzene rings is 2. The lowest BCUT2D eigenvalue weighted by atomic mass is 9.95. The summed E-state index contributed by atoms with van der Waals surface area (Å²) in [6, 6.07) is 14.3. The van der Waals surface area contributed by atoms with Gasteiger partial charge < -0.3 is 9.47 Å². The van der Waals surface area contributed by atoms with Crippen LogP contribution in [0.3, 0.4) is 0 Å². The summed E-state index contributed by atoms with van der Waals surface area (Å²) in [5.41, 5.74) is 3.25. The highest BCUT2D eigenvalue weighted by molar-refractivity contribution is 5.92. The Labute approximate surface area is 140 Å². The van der Waals surface area contributed by atoms with Crippen molar-refractivity contribution in [1.29, 1.82) is 0 Å². The van der Waals surface area contributed by atoms with Gasteiger partial charge in [0.15, 0.2) is 0 Å². The zero-order valence-electron chi connectivity index (χ0n) is 13.4. The fourth-order valence-electron chi connectivity index (χ4n) is 2.72. The minimum Gasteiger partial charge on any atom is -0.466 e. The highest BCUT2D eigenvalue weighted by atomic mass is 16.6. The van der Waals surface area contributed by atoms with E-state index in [-0.39, 0.29) is 0 Å². The molecule has 24 heavy (non-hydrogen) atoms. The second-order valence-corrected chi connectivity index (χ2v) is 5.57. The summed E-state index contributed by atoms with van der Waals surface area (Å²) in [5.74, 6) is -1.14. The zero-order valence-corrected chi connectivity index (χ0v) is 13.4. The van der Waals surface area contributed by atoms with E-state index in [1.165, 1.54) is 7.11 Å². The molecule has 0 spiro atoms. The maximum Gasteiger partial charge on any atom is 0.351 e. The number of aryl methyl sites for hydroxylation is 1. The minimum atomic E-state index is -1.07. The van der Waals surface area contributed by atoms with Crippen LogP contribution in [0.5, 0.6) is 0 Å². The number of fused-ring (bicyclic) bond motifs is 1. The standard InChI is InChI=1S/C20H18O4/c1-23-20(22)18(15-8-3-2-4-9-15)24-19(21)17-12-11-14-7-5-6-10-16(14)13-17/h2-5,7-9,11-13,18H,6,10H2,1H3. The van der Waals surface area contributed by atoms with E-state index in [1.54, 1.807) is 30.3 Å². The highest BCUT2D eigenvalue weighted by Gasteiger charge is 2.26. The predicted molar refractivity (Wildman–Crippen MR) is 90.4 cm³/mol. The third-order valence-electron chi connectivity index (χ3n) is 4.00. The number of ether oxygens (including phenoxy) is 2. The molecule has 2 aromatic rings. The van der Waals surface area contributed by atoms with E-state index in [0.29, 0.717) is 11.1 Å². The molecule has 0 aliphatic heterocycles. The number of allylic oxidation sites excluding steroid dienone is 1. The summed E-state index contributed by atoms with van der Waals surface area (Å²) < 4.78 is 10.2. The molecule has 3 rings (SSSR count). The smallest absolute Gasteiger partial charge is 0.351 e. The van der Waals surface area contributed by atoms with Gasteiger partial charge in [-0.3, -0.25) is 0 Å². The predicted octanol–water partition coefficient (Wildman–Crippen LogP) is 3.72. The molecule has 0 amide bonds. The highest BCUT2D eigenvalue weighted by Crippen LogP contribution is 2.24. The molecule has 0 radical (unpaired) electrons. The lowest BCUT2D eigenvalue weighted by Crippen LogP contribution is -2.21. The first kappa shape index (κ1) is 16.0. The van der Waals surface area contributed by atoms with Crippen LogP contribution in [0.2, 0.25) is 0 Å². The molecule has 0 saturated heterocycles. The van der Waals surface area contributed by atoms with E-state index >= 15 is 0 Å². The Morgan fingerprint density at radius 2 is 1.88 bits per heavy atom. The van der Waals surface area contributed by atoms with Crippen molar-refractivity contribution >= 4 is 18.0 Å². The molecule has 1 unspecified atom stereocenters. The molecule has 1 aliphatic rings. The first-order valence-corrected chi connectivity index (χ1v) is 7.82. The van der Waals surface area contributed by atoms with Crippen LogP contribution in [-0.2, 0) is 20.7 Å². The number of hydrogen-bond donors (Lipinski definition) is 0. The van der Waals surface area contributed by atoms with Gasteiger partial charge in [0.1, 0.15) is 0 Å².